The van der Waals surface area contributed by atoms with Crippen molar-refractivity contribution in [3.8, 4) is 0 Å². The van der Waals surface area contributed by atoms with Crippen LogP contribution in [0.5, 0.6) is 0 Å². The average Bonchev–Trinajstić information content (AvgIpc) is 3.12. The summed E-state index contributed by atoms with van der Waals surface area (Å²) in [5, 5.41) is 0. The van der Waals surface area contributed by atoms with Crippen LogP contribution in [0.15, 0.2) is 48.6 Å². The van der Waals surface area contributed by atoms with Gasteiger partial charge in [0.1, 0.15) is 13.2 Å². The van der Waals surface area contributed by atoms with E-state index in [0.717, 1.165) is 96.4 Å². The van der Waals surface area contributed by atoms with Gasteiger partial charge in [-0.05, 0) is 104 Å². The molecular formula is C45H79NO6. The van der Waals surface area contributed by atoms with Crippen molar-refractivity contribution in [1.82, 2.24) is 4.90 Å². The molecule has 0 saturated carbocycles. The molecule has 0 aromatic heterocycles. The number of unbranched alkanes of at least 4 members (excludes halogenated alkanes) is 16. The topological polar surface area (TPSA) is 82.1 Å². The molecule has 0 radical (unpaired) electrons. The molecule has 0 saturated heterocycles. The van der Waals surface area contributed by atoms with E-state index >= 15 is 0 Å². The first-order valence-electron chi connectivity index (χ1n) is 21.1. The second-order valence-corrected chi connectivity index (χ2v) is 14.3. The number of hydrogen-bond acceptors (Lipinski definition) is 7. The van der Waals surface area contributed by atoms with Crippen LogP contribution in [0.2, 0.25) is 0 Å². The molecule has 0 aromatic rings. The Balaban J connectivity index is 4.20. The van der Waals surface area contributed by atoms with Crippen molar-refractivity contribution in [3.05, 3.63) is 48.6 Å². The van der Waals surface area contributed by atoms with Crippen LogP contribution in [-0.2, 0) is 28.6 Å². The lowest BCUT2D eigenvalue weighted by molar-refractivity contribution is -0.167. The molecule has 0 amide bonds. The fourth-order valence-electron chi connectivity index (χ4n) is 5.58. The van der Waals surface area contributed by atoms with Crippen molar-refractivity contribution in [2.24, 2.45) is 0 Å². The first kappa shape index (κ1) is 49.3. The van der Waals surface area contributed by atoms with E-state index in [0.29, 0.717) is 19.3 Å². The van der Waals surface area contributed by atoms with Crippen LogP contribution in [0.25, 0.3) is 0 Å². The van der Waals surface area contributed by atoms with E-state index < -0.39 is 6.10 Å². The maximum absolute atomic E-state index is 12.4. The lowest BCUT2D eigenvalue weighted by Gasteiger charge is -2.18. The number of esters is 3. The summed E-state index contributed by atoms with van der Waals surface area (Å²) in [7, 11) is 3.91. The third kappa shape index (κ3) is 38.6. The standard InChI is InChI=1S/C45H79NO6/c1-5-7-9-11-13-15-17-19-21-23-25-27-29-31-33-36-43(47)50-40-42(52-45(49)38-35-39-46(3)4)41-51-44(48)37-34-32-30-28-26-24-22-20-18-16-14-12-10-8-6-2/h13-16,19-22,42H,5-12,17-18,23-41H2,1-4H3/b15-13+,16-14+,21-19+,22-20+. The minimum atomic E-state index is -0.797. The molecule has 300 valence electrons. The van der Waals surface area contributed by atoms with E-state index in [-0.39, 0.29) is 37.5 Å². The van der Waals surface area contributed by atoms with E-state index in [9.17, 15) is 14.4 Å². The predicted molar refractivity (Wildman–Crippen MR) is 218 cm³/mol. The summed E-state index contributed by atoms with van der Waals surface area (Å²) in [6.07, 6.45) is 43.6. The van der Waals surface area contributed by atoms with E-state index in [1.165, 1.54) is 51.4 Å². The molecule has 0 aliphatic heterocycles. The van der Waals surface area contributed by atoms with E-state index in [1.807, 2.05) is 19.0 Å². The van der Waals surface area contributed by atoms with Crippen molar-refractivity contribution in [2.45, 2.75) is 187 Å². The van der Waals surface area contributed by atoms with Crippen LogP contribution in [-0.4, -0.2) is 62.8 Å². The number of nitrogens with zero attached hydrogens (tertiary/aromatic N) is 1. The summed E-state index contributed by atoms with van der Waals surface area (Å²) in [6.45, 7) is 5.03. The number of rotatable bonds is 37. The molecule has 0 aromatic carbocycles. The summed E-state index contributed by atoms with van der Waals surface area (Å²) in [6, 6.07) is 0. The van der Waals surface area contributed by atoms with Gasteiger partial charge in [-0.15, -0.1) is 0 Å². The normalized spacial score (nSPS) is 12.0. The highest BCUT2D eigenvalue weighted by Crippen LogP contribution is 2.12. The average molecular weight is 730 g/mol. The van der Waals surface area contributed by atoms with Crippen molar-refractivity contribution < 1.29 is 28.6 Å². The summed E-state index contributed by atoms with van der Waals surface area (Å²) < 4.78 is 16.5. The Labute approximate surface area is 320 Å². The SMILES string of the molecule is CCCCC/C=C/C/C=C/CCCCCCCC(=O)OCC(COC(=O)CCCCCCC/C=C/C/C=C/CCCCC)OC(=O)CCCN(C)C. The number of hydrogen-bond donors (Lipinski definition) is 0. The van der Waals surface area contributed by atoms with Gasteiger partial charge < -0.3 is 19.1 Å². The van der Waals surface area contributed by atoms with Gasteiger partial charge in [0.2, 0.25) is 0 Å². The molecule has 0 spiro atoms. The Morgan fingerprint density at radius 3 is 1.23 bits per heavy atom. The van der Waals surface area contributed by atoms with Crippen LogP contribution in [0.1, 0.15) is 181 Å². The zero-order valence-corrected chi connectivity index (χ0v) is 34.1. The van der Waals surface area contributed by atoms with Crippen molar-refractivity contribution in [2.75, 3.05) is 33.9 Å². The highest BCUT2D eigenvalue weighted by Gasteiger charge is 2.19. The van der Waals surface area contributed by atoms with Crippen LogP contribution in [0.4, 0.5) is 0 Å². The Hall–Kier alpha value is -2.67. The zero-order valence-electron chi connectivity index (χ0n) is 34.1. The molecule has 52 heavy (non-hydrogen) atoms. The van der Waals surface area contributed by atoms with E-state index in [2.05, 4.69) is 62.5 Å². The number of ether oxygens (including phenoxy) is 3. The second kappa shape index (κ2) is 39.5. The van der Waals surface area contributed by atoms with E-state index in [4.69, 9.17) is 14.2 Å². The highest BCUT2D eigenvalue weighted by molar-refractivity contribution is 5.71. The smallest absolute Gasteiger partial charge is 0.306 e. The molecular weight excluding hydrogens is 650 g/mol. The maximum atomic E-state index is 12.4. The molecule has 7 heteroatoms. The van der Waals surface area contributed by atoms with Gasteiger partial charge in [-0.3, -0.25) is 14.4 Å². The lowest BCUT2D eigenvalue weighted by atomic mass is 10.1. The second-order valence-electron chi connectivity index (χ2n) is 14.3. The predicted octanol–water partition coefficient (Wildman–Crippen LogP) is 12.0. The number of allylic oxidation sites excluding steroid dienone is 8. The molecule has 0 fully saturated rings. The third-order valence-corrected chi connectivity index (χ3v) is 8.81. The monoisotopic (exact) mass is 730 g/mol. The Bertz CT molecular complexity index is 891. The summed E-state index contributed by atoms with van der Waals surface area (Å²) >= 11 is 0. The molecule has 0 atom stereocenters. The zero-order chi connectivity index (χ0) is 38.2. The van der Waals surface area contributed by atoms with Crippen molar-refractivity contribution >= 4 is 17.9 Å². The van der Waals surface area contributed by atoms with Gasteiger partial charge in [0.15, 0.2) is 6.10 Å². The van der Waals surface area contributed by atoms with Crippen LogP contribution < -0.4 is 0 Å². The van der Waals surface area contributed by atoms with Crippen LogP contribution in [0.3, 0.4) is 0 Å². The first-order chi connectivity index (χ1) is 25.4. The maximum Gasteiger partial charge on any atom is 0.306 e. The molecule has 0 bridgehead atoms. The van der Waals surface area contributed by atoms with Crippen molar-refractivity contribution in [1.29, 1.82) is 0 Å². The minimum absolute atomic E-state index is 0.102. The van der Waals surface area contributed by atoms with Gasteiger partial charge in [-0.1, -0.05) is 127 Å². The molecule has 7 nitrogen and oxygen atoms in total. The molecule has 0 unspecified atom stereocenters. The molecule has 0 heterocycles. The number of carbonyl (C=O) groups is 3. The van der Waals surface area contributed by atoms with Gasteiger partial charge in [0.25, 0.3) is 0 Å². The van der Waals surface area contributed by atoms with Gasteiger partial charge in [0, 0.05) is 19.3 Å². The summed E-state index contributed by atoms with van der Waals surface area (Å²) in [5.41, 5.74) is 0. The fourth-order valence-corrected chi connectivity index (χ4v) is 5.58. The highest BCUT2D eigenvalue weighted by atomic mass is 16.6. The molecule has 0 N–H and O–H groups in total. The molecule has 0 aliphatic rings. The van der Waals surface area contributed by atoms with Crippen molar-refractivity contribution in [3.63, 3.8) is 0 Å². The Kier molecular flexibility index (Phi) is 37.5. The third-order valence-electron chi connectivity index (χ3n) is 8.81. The lowest BCUT2D eigenvalue weighted by Crippen LogP contribution is -2.31. The van der Waals surface area contributed by atoms with E-state index in [1.54, 1.807) is 0 Å². The van der Waals surface area contributed by atoms with Gasteiger partial charge in [-0.25, -0.2) is 0 Å². The number of carbonyl (C=O) groups excluding carboxylic acids is 3. The minimum Gasteiger partial charge on any atom is -0.462 e. The van der Waals surface area contributed by atoms with Gasteiger partial charge >= 0.3 is 17.9 Å². The Morgan fingerprint density at radius 2 is 0.827 bits per heavy atom. The summed E-state index contributed by atoms with van der Waals surface area (Å²) in [5.74, 6) is -0.993. The Morgan fingerprint density at radius 1 is 0.462 bits per heavy atom. The quantitative estimate of drug-likeness (QED) is 0.0272. The molecule has 0 aliphatic carbocycles. The van der Waals surface area contributed by atoms with Crippen LogP contribution >= 0.6 is 0 Å². The van der Waals surface area contributed by atoms with Gasteiger partial charge in [0.05, 0.1) is 0 Å². The first-order valence-corrected chi connectivity index (χ1v) is 21.1. The van der Waals surface area contributed by atoms with Crippen LogP contribution in [0, 0.1) is 0 Å². The molecule has 0 rings (SSSR count). The fraction of sp³-hybridized carbons (Fsp3) is 0.756. The van der Waals surface area contributed by atoms with Gasteiger partial charge in [-0.2, -0.15) is 0 Å². The largest absolute Gasteiger partial charge is 0.462 e. The summed E-state index contributed by atoms with van der Waals surface area (Å²) in [4.78, 5) is 39.3.